The lowest BCUT2D eigenvalue weighted by Gasteiger charge is -2.26. The molecule has 4 heterocycles. The second-order valence-electron chi connectivity index (χ2n) is 7.39. The van der Waals surface area contributed by atoms with Gasteiger partial charge in [-0.2, -0.15) is 10.2 Å². The predicted molar refractivity (Wildman–Crippen MR) is 101 cm³/mol. The number of rotatable bonds is 6. The summed E-state index contributed by atoms with van der Waals surface area (Å²) in [5.41, 5.74) is 2.85. The Morgan fingerprint density at radius 2 is 2.22 bits per heavy atom. The minimum absolute atomic E-state index is 0.0615. The number of ether oxygens (including phenoxy) is 1. The van der Waals surface area contributed by atoms with E-state index < -0.39 is 0 Å². The first-order chi connectivity index (χ1) is 13.2. The van der Waals surface area contributed by atoms with E-state index in [1.807, 2.05) is 36.1 Å². The van der Waals surface area contributed by atoms with Crippen molar-refractivity contribution in [2.45, 2.75) is 12.8 Å². The first kappa shape index (κ1) is 16.3. The molecule has 140 valence electrons. The highest BCUT2D eigenvalue weighted by molar-refractivity contribution is 5.93. The van der Waals surface area contributed by atoms with Crippen LogP contribution in [0.3, 0.4) is 0 Å². The van der Waals surface area contributed by atoms with Crippen LogP contribution in [0.1, 0.15) is 12.8 Å². The van der Waals surface area contributed by atoms with Crippen LogP contribution in [0.15, 0.2) is 30.6 Å². The number of nitrogens with one attached hydrogen (secondary N) is 2. The monoisotopic (exact) mass is 366 g/mol. The molecular weight excluding hydrogens is 344 g/mol. The standard InChI is InChI=1S/C19H22N6O2/c1-24-18(16(10-21-24)27-11-12-8-20-9-12)14-4-5-25-15(6-14)7-17(23-25)22-19(26)13-2-3-13/h4-7,10,12-13,20H,2-3,8-9,11H2,1H3,(H,22,23,26). The summed E-state index contributed by atoms with van der Waals surface area (Å²) >= 11 is 0. The fourth-order valence-electron chi connectivity index (χ4n) is 3.30. The summed E-state index contributed by atoms with van der Waals surface area (Å²) < 4.78 is 9.61. The van der Waals surface area contributed by atoms with E-state index in [9.17, 15) is 4.79 Å². The highest BCUT2D eigenvalue weighted by Gasteiger charge is 2.30. The molecule has 27 heavy (non-hydrogen) atoms. The number of pyridine rings is 1. The van der Waals surface area contributed by atoms with E-state index in [1.54, 1.807) is 10.7 Å². The van der Waals surface area contributed by atoms with Gasteiger partial charge < -0.3 is 15.4 Å². The van der Waals surface area contributed by atoms with Gasteiger partial charge in [0.25, 0.3) is 0 Å². The molecule has 3 aromatic heterocycles. The minimum atomic E-state index is 0.0615. The molecule has 8 nitrogen and oxygen atoms in total. The number of hydrogen-bond acceptors (Lipinski definition) is 5. The molecule has 0 bridgehead atoms. The van der Waals surface area contributed by atoms with E-state index in [-0.39, 0.29) is 11.8 Å². The second-order valence-corrected chi connectivity index (χ2v) is 7.39. The predicted octanol–water partition coefficient (Wildman–Crippen LogP) is 1.68. The van der Waals surface area contributed by atoms with E-state index in [1.165, 1.54) is 0 Å². The zero-order chi connectivity index (χ0) is 18.4. The zero-order valence-electron chi connectivity index (χ0n) is 15.2. The molecule has 2 fully saturated rings. The summed E-state index contributed by atoms with van der Waals surface area (Å²) in [6, 6.07) is 5.91. The smallest absolute Gasteiger partial charge is 0.228 e. The summed E-state index contributed by atoms with van der Waals surface area (Å²) in [5.74, 6) is 2.16. The summed E-state index contributed by atoms with van der Waals surface area (Å²) in [6.07, 6.45) is 5.61. The molecular formula is C19H22N6O2. The molecule has 1 aliphatic carbocycles. The topological polar surface area (TPSA) is 85.5 Å². The van der Waals surface area contributed by atoms with Crippen molar-refractivity contribution in [1.29, 1.82) is 0 Å². The number of amides is 1. The maximum absolute atomic E-state index is 12.0. The highest BCUT2D eigenvalue weighted by atomic mass is 16.5. The number of nitrogens with zero attached hydrogens (tertiary/aromatic N) is 4. The van der Waals surface area contributed by atoms with E-state index in [0.717, 1.165) is 48.5 Å². The quantitative estimate of drug-likeness (QED) is 0.693. The summed E-state index contributed by atoms with van der Waals surface area (Å²) in [4.78, 5) is 12.0. The first-order valence-corrected chi connectivity index (χ1v) is 9.33. The van der Waals surface area contributed by atoms with Crippen LogP contribution in [0.25, 0.3) is 16.8 Å². The van der Waals surface area contributed by atoms with Crippen molar-refractivity contribution >= 4 is 17.2 Å². The third-order valence-electron chi connectivity index (χ3n) is 5.18. The van der Waals surface area contributed by atoms with Crippen molar-refractivity contribution in [3.8, 4) is 17.0 Å². The number of hydrogen-bond donors (Lipinski definition) is 2. The third kappa shape index (κ3) is 3.16. The molecule has 1 aliphatic heterocycles. The fourth-order valence-corrected chi connectivity index (χ4v) is 3.30. The van der Waals surface area contributed by atoms with Gasteiger partial charge in [0.2, 0.25) is 5.91 Å². The molecule has 5 rings (SSSR count). The van der Waals surface area contributed by atoms with Crippen LogP contribution < -0.4 is 15.4 Å². The normalized spacial score (nSPS) is 17.1. The van der Waals surface area contributed by atoms with Gasteiger partial charge in [-0.25, -0.2) is 4.52 Å². The van der Waals surface area contributed by atoms with Gasteiger partial charge in [0, 0.05) is 49.8 Å². The van der Waals surface area contributed by atoms with Gasteiger partial charge in [-0.05, 0) is 25.0 Å². The molecule has 2 N–H and O–H groups in total. The Morgan fingerprint density at radius 3 is 2.96 bits per heavy atom. The molecule has 3 aromatic rings. The molecule has 0 radical (unpaired) electrons. The number of aryl methyl sites for hydroxylation is 1. The summed E-state index contributed by atoms with van der Waals surface area (Å²) in [6.45, 7) is 2.71. The molecule has 1 amide bonds. The number of anilines is 1. The van der Waals surface area contributed by atoms with E-state index >= 15 is 0 Å². The van der Waals surface area contributed by atoms with Crippen LogP contribution in [0.5, 0.6) is 5.75 Å². The largest absolute Gasteiger partial charge is 0.489 e. The molecule has 0 atom stereocenters. The average molecular weight is 366 g/mol. The van der Waals surface area contributed by atoms with E-state index in [2.05, 4.69) is 20.8 Å². The Balaban J connectivity index is 1.41. The van der Waals surface area contributed by atoms with Crippen LogP contribution >= 0.6 is 0 Å². The lowest BCUT2D eigenvalue weighted by molar-refractivity contribution is -0.117. The van der Waals surface area contributed by atoms with Crippen molar-refractivity contribution in [3.63, 3.8) is 0 Å². The molecule has 1 saturated carbocycles. The summed E-state index contributed by atoms with van der Waals surface area (Å²) in [7, 11) is 1.91. The van der Waals surface area contributed by atoms with Gasteiger partial charge in [0.05, 0.1) is 18.3 Å². The average Bonchev–Trinajstić information content (AvgIpc) is 3.29. The van der Waals surface area contributed by atoms with E-state index in [0.29, 0.717) is 18.3 Å². The SMILES string of the molecule is Cn1ncc(OCC2CNC2)c1-c1ccn2nc(NC(=O)C3CC3)cc2c1. The molecule has 8 heteroatoms. The Bertz CT molecular complexity index is 999. The van der Waals surface area contributed by atoms with Crippen molar-refractivity contribution < 1.29 is 9.53 Å². The molecule has 0 unspecified atom stereocenters. The van der Waals surface area contributed by atoms with E-state index in [4.69, 9.17) is 4.74 Å². The molecule has 0 aromatic carbocycles. The fraction of sp³-hybridized carbons (Fsp3) is 0.421. The van der Waals surface area contributed by atoms with Crippen molar-refractivity contribution in [2.24, 2.45) is 18.9 Å². The maximum Gasteiger partial charge on any atom is 0.228 e. The van der Waals surface area contributed by atoms with Crippen molar-refractivity contribution in [1.82, 2.24) is 24.7 Å². The zero-order valence-corrected chi connectivity index (χ0v) is 15.2. The van der Waals surface area contributed by atoms with Crippen LogP contribution in [0.2, 0.25) is 0 Å². The Kier molecular flexibility index (Phi) is 3.86. The number of carbonyl (C=O) groups excluding carboxylic acids is 1. The van der Waals surface area contributed by atoms with Gasteiger partial charge >= 0.3 is 0 Å². The van der Waals surface area contributed by atoms with Crippen molar-refractivity contribution in [3.05, 3.63) is 30.6 Å². The van der Waals surface area contributed by atoms with Crippen molar-refractivity contribution in [2.75, 3.05) is 25.0 Å². The highest BCUT2D eigenvalue weighted by Crippen LogP contribution is 2.32. The lowest BCUT2D eigenvalue weighted by atomic mass is 10.1. The van der Waals surface area contributed by atoms with Gasteiger partial charge in [-0.3, -0.25) is 9.48 Å². The van der Waals surface area contributed by atoms with Crippen LogP contribution in [0.4, 0.5) is 5.82 Å². The number of aromatic nitrogens is 4. The van der Waals surface area contributed by atoms with Gasteiger partial charge in [0.15, 0.2) is 11.6 Å². The molecule has 0 spiro atoms. The third-order valence-corrected chi connectivity index (χ3v) is 5.18. The number of fused-ring (bicyclic) bond motifs is 1. The first-order valence-electron chi connectivity index (χ1n) is 9.33. The van der Waals surface area contributed by atoms with Gasteiger partial charge in [-0.15, -0.1) is 0 Å². The number of carbonyl (C=O) groups is 1. The van der Waals surface area contributed by atoms with Crippen LogP contribution in [-0.2, 0) is 11.8 Å². The summed E-state index contributed by atoms with van der Waals surface area (Å²) in [5, 5.41) is 14.9. The minimum Gasteiger partial charge on any atom is -0.489 e. The Morgan fingerprint density at radius 1 is 1.37 bits per heavy atom. The second kappa shape index (κ2) is 6.38. The van der Waals surface area contributed by atoms with Gasteiger partial charge in [0.1, 0.15) is 5.69 Å². The Hall–Kier alpha value is -2.87. The lowest BCUT2D eigenvalue weighted by Crippen LogP contribution is -2.45. The van der Waals surface area contributed by atoms with Crippen LogP contribution in [-0.4, -0.2) is 45.0 Å². The maximum atomic E-state index is 12.0. The molecule has 1 saturated heterocycles. The van der Waals surface area contributed by atoms with Gasteiger partial charge in [-0.1, -0.05) is 0 Å². The Labute approximate surface area is 156 Å². The van der Waals surface area contributed by atoms with Crippen LogP contribution in [0, 0.1) is 11.8 Å². The molecule has 2 aliphatic rings.